The highest BCUT2D eigenvalue weighted by Crippen LogP contribution is 2.27. The number of hydrogen-bond donors (Lipinski definition) is 2. The third-order valence-electron chi connectivity index (χ3n) is 5.36. The Morgan fingerprint density at radius 1 is 0.969 bits per heavy atom. The maximum Gasteiger partial charge on any atom is 0.225 e. The molecule has 170 valence electrons. The third-order valence-corrected chi connectivity index (χ3v) is 5.36. The molecule has 0 saturated carbocycles. The molecule has 1 atom stereocenters. The van der Waals surface area contributed by atoms with Gasteiger partial charge in [-0.1, -0.05) is 36.4 Å². The van der Waals surface area contributed by atoms with Crippen molar-refractivity contribution in [1.82, 2.24) is 15.5 Å². The monoisotopic (exact) mass is 439 g/mol. The summed E-state index contributed by atoms with van der Waals surface area (Å²) in [4.78, 5) is 38.6. The van der Waals surface area contributed by atoms with Gasteiger partial charge >= 0.3 is 0 Å². The first-order valence-electron chi connectivity index (χ1n) is 10.6. The Labute approximate surface area is 187 Å². The summed E-state index contributed by atoms with van der Waals surface area (Å²) in [5.41, 5.74) is 1.84. The summed E-state index contributed by atoms with van der Waals surface area (Å²) in [6.45, 7) is 1.53. The first-order valence-corrected chi connectivity index (χ1v) is 10.6. The number of rotatable bonds is 10. The highest BCUT2D eigenvalue weighted by atomic mass is 16.5. The third kappa shape index (κ3) is 6.23. The van der Waals surface area contributed by atoms with Gasteiger partial charge in [0.25, 0.3) is 0 Å². The van der Waals surface area contributed by atoms with E-state index < -0.39 is 0 Å². The first-order chi connectivity index (χ1) is 15.5. The van der Waals surface area contributed by atoms with E-state index in [9.17, 15) is 14.4 Å². The fourth-order valence-electron chi connectivity index (χ4n) is 3.67. The molecule has 2 N–H and O–H groups in total. The van der Waals surface area contributed by atoms with E-state index in [0.717, 1.165) is 11.1 Å². The second-order valence-electron chi connectivity index (χ2n) is 7.67. The SMILES string of the molecule is COc1ccc(CC(=O)NCCNC(=O)C2CC(=O)N(Cc3ccccc3)C2)cc1OC. The maximum atomic E-state index is 12.4. The topological polar surface area (TPSA) is 97.0 Å². The number of carbonyl (C=O) groups is 3. The van der Waals surface area contributed by atoms with Gasteiger partial charge in [-0.2, -0.15) is 0 Å². The zero-order valence-corrected chi connectivity index (χ0v) is 18.4. The number of methoxy groups -OCH3 is 2. The summed E-state index contributed by atoms with van der Waals surface area (Å²) in [5.74, 6) is 0.468. The summed E-state index contributed by atoms with van der Waals surface area (Å²) in [6.07, 6.45) is 0.407. The van der Waals surface area contributed by atoms with Crippen LogP contribution >= 0.6 is 0 Å². The lowest BCUT2D eigenvalue weighted by Crippen LogP contribution is -2.38. The molecule has 2 aromatic carbocycles. The van der Waals surface area contributed by atoms with Crippen LogP contribution in [0.15, 0.2) is 48.5 Å². The smallest absolute Gasteiger partial charge is 0.225 e. The van der Waals surface area contributed by atoms with Gasteiger partial charge in [-0.15, -0.1) is 0 Å². The van der Waals surface area contributed by atoms with E-state index in [1.165, 1.54) is 0 Å². The Balaban J connectivity index is 1.38. The van der Waals surface area contributed by atoms with Crippen molar-refractivity contribution in [3.05, 3.63) is 59.7 Å². The van der Waals surface area contributed by atoms with Crippen LogP contribution in [0.25, 0.3) is 0 Å². The van der Waals surface area contributed by atoms with Gasteiger partial charge in [0.2, 0.25) is 17.7 Å². The van der Waals surface area contributed by atoms with E-state index in [-0.39, 0.29) is 36.5 Å². The van der Waals surface area contributed by atoms with Crippen molar-refractivity contribution in [3.63, 3.8) is 0 Å². The van der Waals surface area contributed by atoms with Crippen molar-refractivity contribution < 1.29 is 23.9 Å². The zero-order chi connectivity index (χ0) is 22.9. The van der Waals surface area contributed by atoms with Crippen LogP contribution in [0, 0.1) is 5.92 Å². The summed E-state index contributed by atoms with van der Waals surface area (Å²) < 4.78 is 10.4. The molecule has 0 radical (unpaired) electrons. The molecule has 1 aliphatic heterocycles. The molecule has 1 fully saturated rings. The molecular formula is C24H29N3O5. The number of carbonyl (C=O) groups excluding carboxylic acids is 3. The van der Waals surface area contributed by atoms with Crippen molar-refractivity contribution in [1.29, 1.82) is 0 Å². The Morgan fingerprint density at radius 3 is 2.41 bits per heavy atom. The number of hydrogen-bond acceptors (Lipinski definition) is 5. The van der Waals surface area contributed by atoms with Gasteiger partial charge in [0, 0.05) is 32.6 Å². The van der Waals surface area contributed by atoms with Gasteiger partial charge < -0.3 is 25.0 Å². The van der Waals surface area contributed by atoms with Gasteiger partial charge in [0.05, 0.1) is 26.6 Å². The fourth-order valence-corrected chi connectivity index (χ4v) is 3.67. The van der Waals surface area contributed by atoms with Crippen LogP contribution in [-0.4, -0.2) is 56.5 Å². The van der Waals surface area contributed by atoms with Gasteiger partial charge in [-0.05, 0) is 23.3 Å². The number of benzene rings is 2. The van der Waals surface area contributed by atoms with E-state index in [1.54, 1.807) is 37.3 Å². The van der Waals surface area contributed by atoms with Crippen molar-refractivity contribution in [2.45, 2.75) is 19.4 Å². The number of nitrogens with zero attached hydrogens (tertiary/aromatic N) is 1. The minimum Gasteiger partial charge on any atom is -0.493 e. The van der Waals surface area contributed by atoms with Crippen LogP contribution < -0.4 is 20.1 Å². The van der Waals surface area contributed by atoms with Gasteiger partial charge in [-0.25, -0.2) is 0 Å². The van der Waals surface area contributed by atoms with Crippen LogP contribution in [0.5, 0.6) is 11.5 Å². The first kappa shape index (κ1) is 23.1. The summed E-state index contributed by atoms with van der Waals surface area (Å²) >= 11 is 0. The van der Waals surface area contributed by atoms with E-state index >= 15 is 0 Å². The minimum absolute atomic E-state index is 0.0165. The summed E-state index contributed by atoms with van der Waals surface area (Å²) in [5, 5.41) is 5.60. The molecule has 2 aromatic rings. The van der Waals surface area contributed by atoms with Crippen molar-refractivity contribution in [2.24, 2.45) is 5.92 Å². The Kier molecular flexibility index (Phi) is 8.08. The quantitative estimate of drug-likeness (QED) is 0.548. The summed E-state index contributed by atoms with van der Waals surface area (Å²) in [7, 11) is 3.10. The number of amides is 3. The lowest BCUT2D eigenvalue weighted by atomic mass is 10.1. The molecule has 3 amide bonds. The van der Waals surface area contributed by atoms with Crippen LogP contribution in [0.1, 0.15) is 17.5 Å². The van der Waals surface area contributed by atoms with Gasteiger partial charge in [-0.3, -0.25) is 14.4 Å². The molecular weight excluding hydrogens is 410 g/mol. The lowest BCUT2D eigenvalue weighted by Gasteiger charge is -2.16. The molecule has 3 rings (SSSR count). The largest absolute Gasteiger partial charge is 0.493 e. The Hall–Kier alpha value is -3.55. The highest BCUT2D eigenvalue weighted by molar-refractivity contribution is 5.89. The molecule has 0 spiro atoms. The van der Waals surface area contributed by atoms with Crippen LogP contribution in [0.2, 0.25) is 0 Å². The fraction of sp³-hybridized carbons (Fsp3) is 0.375. The van der Waals surface area contributed by atoms with Crippen LogP contribution in [0.3, 0.4) is 0 Å². The van der Waals surface area contributed by atoms with E-state index in [2.05, 4.69) is 10.6 Å². The molecule has 8 nitrogen and oxygen atoms in total. The average molecular weight is 440 g/mol. The molecule has 0 aliphatic carbocycles. The zero-order valence-electron chi connectivity index (χ0n) is 18.4. The van der Waals surface area contributed by atoms with Crippen LogP contribution in [0.4, 0.5) is 0 Å². The molecule has 0 bridgehead atoms. The number of likely N-dealkylation sites (tertiary alicyclic amines) is 1. The Bertz CT molecular complexity index is 948. The molecule has 1 unspecified atom stereocenters. The second kappa shape index (κ2) is 11.2. The molecule has 8 heteroatoms. The highest BCUT2D eigenvalue weighted by Gasteiger charge is 2.33. The summed E-state index contributed by atoms with van der Waals surface area (Å²) in [6, 6.07) is 15.0. The Morgan fingerprint density at radius 2 is 1.69 bits per heavy atom. The molecule has 1 aliphatic rings. The van der Waals surface area contributed by atoms with Gasteiger partial charge in [0.15, 0.2) is 11.5 Å². The standard InChI is InChI=1S/C24H29N3O5/c1-31-20-9-8-18(12-21(20)32-2)13-22(28)25-10-11-26-24(30)19-14-23(29)27(16-19)15-17-6-4-3-5-7-17/h3-9,12,19H,10-11,13-16H2,1-2H3,(H,25,28)(H,26,30). The van der Waals surface area contributed by atoms with E-state index in [4.69, 9.17) is 9.47 Å². The van der Waals surface area contributed by atoms with Crippen molar-refractivity contribution >= 4 is 17.7 Å². The van der Waals surface area contributed by atoms with Crippen LogP contribution in [-0.2, 0) is 27.3 Å². The number of ether oxygens (including phenoxy) is 2. The molecule has 1 saturated heterocycles. The predicted octanol–water partition coefficient (Wildman–Crippen LogP) is 1.53. The predicted molar refractivity (Wildman–Crippen MR) is 119 cm³/mol. The molecule has 1 heterocycles. The average Bonchev–Trinajstić information content (AvgIpc) is 3.17. The van der Waals surface area contributed by atoms with Crippen molar-refractivity contribution in [3.8, 4) is 11.5 Å². The minimum atomic E-state index is -0.367. The molecule has 0 aromatic heterocycles. The normalized spacial score (nSPS) is 15.4. The molecule has 32 heavy (non-hydrogen) atoms. The van der Waals surface area contributed by atoms with E-state index in [1.807, 2.05) is 30.3 Å². The van der Waals surface area contributed by atoms with E-state index in [0.29, 0.717) is 37.7 Å². The van der Waals surface area contributed by atoms with Gasteiger partial charge in [0.1, 0.15) is 0 Å². The lowest BCUT2D eigenvalue weighted by molar-refractivity contribution is -0.129. The van der Waals surface area contributed by atoms with Crippen molar-refractivity contribution in [2.75, 3.05) is 33.9 Å². The maximum absolute atomic E-state index is 12.4. The number of nitrogens with one attached hydrogen (secondary N) is 2. The second-order valence-corrected chi connectivity index (χ2v) is 7.67.